The average molecular weight is 511 g/mol. The SMILES string of the molecule is COc1ccc(C2=NN(C3CCN(C(=O)CN4C(=O)CCC4=O)CC3)C(=O)C2(C)C)cc1OCC1CC1. The Bertz CT molecular complexity index is 1130. The summed E-state index contributed by atoms with van der Waals surface area (Å²) in [5, 5.41) is 6.38. The van der Waals surface area contributed by atoms with Gasteiger partial charge in [0.2, 0.25) is 17.7 Å². The van der Waals surface area contributed by atoms with E-state index in [0.29, 0.717) is 55.7 Å². The topological polar surface area (TPSA) is 109 Å². The van der Waals surface area contributed by atoms with Crippen molar-refractivity contribution >= 4 is 29.3 Å². The lowest BCUT2D eigenvalue weighted by Crippen LogP contribution is -2.50. The van der Waals surface area contributed by atoms with E-state index in [-0.39, 0.29) is 49.1 Å². The number of ether oxygens (including phenoxy) is 2. The monoisotopic (exact) mass is 510 g/mol. The van der Waals surface area contributed by atoms with Crippen molar-refractivity contribution in [1.82, 2.24) is 14.8 Å². The number of nitrogens with zero attached hydrogens (tertiary/aromatic N) is 4. The maximum Gasteiger partial charge on any atom is 0.254 e. The number of hydrogen-bond acceptors (Lipinski definition) is 7. The van der Waals surface area contributed by atoms with Gasteiger partial charge in [0.05, 0.1) is 30.9 Å². The van der Waals surface area contributed by atoms with Crippen molar-refractivity contribution in [3.05, 3.63) is 23.8 Å². The van der Waals surface area contributed by atoms with Crippen LogP contribution in [0, 0.1) is 11.3 Å². The Labute approximate surface area is 216 Å². The van der Waals surface area contributed by atoms with Gasteiger partial charge < -0.3 is 14.4 Å². The van der Waals surface area contributed by atoms with Crippen LogP contribution in [0.2, 0.25) is 0 Å². The van der Waals surface area contributed by atoms with E-state index in [0.717, 1.165) is 10.5 Å². The van der Waals surface area contributed by atoms with Gasteiger partial charge in [0, 0.05) is 31.5 Å². The standard InChI is InChI=1S/C27H34N4O6/c1-27(2)25(18-6-7-20(36-3)21(14-18)37-16-17-4-5-17)28-31(26(27)35)19-10-12-29(13-11-19)24(34)15-30-22(32)8-9-23(30)33/h6-7,14,17,19H,4-5,8-13,15-16H2,1-3H3. The number of methoxy groups -OCH3 is 1. The Kier molecular flexibility index (Phi) is 6.68. The van der Waals surface area contributed by atoms with E-state index in [1.165, 1.54) is 12.8 Å². The van der Waals surface area contributed by atoms with Crippen LogP contribution in [0.5, 0.6) is 11.5 Å². The molecule has 0 spiro atoms. The molecular weight excluding hydrogens is 476 g/mol. The van der Waals surface area contributed by atoms with Gasteiger partial charge in [-0.15, -0.1) is 0 Å². The third-order valence-corrected chi connectivity index (χ3v) is 7.76. The minimum absolute atomic E-state index is 0.0724. The predicted octanol–water partition coefficient (Wildman–Crippen LogP) is 2.20. The molecule has 3 aliphatic heterocycles. The van der Waals surface area contributed by atoms with Crippen molar-refractivity contribution in [2.45, 2.75) is 58.4 Å². The fourth-order valence-corrected chi connectivity index (χ4v) is 5.16. The summed E-state index contributed by atoms with van der Waals surface area (Å²) < 4.78 is 11.5. The second kappa shape index (κ2) is 9.79. The van der Waals surface area contributed by atoms with Gasteiger partial charge in [-0.1, -0.05) is 0 Å². The molecule has 1 saturated carbocycles. The molecule has 4 aliphatic rings. The third-order valence-electron chi connectivity index (χ3n) is 7.76. The lowest BCUT2D eigenvalue weighted by molar-refractivity contribution is -0.147. The normalized spacial score (nSPS) is 22.1. The summed E-state index contributed by atoms with van der Waals surface area (Å²) in [6.07, 6.45) is 3.86. The summed E-state index contributed by atoms with van der Waals surface area (Å²) in [6, 6.07) is 5.53. The van der Waals surface area contributed by atoms with Crippen molar-refractivity contribution in [1.29, 1.82) is 0 Å². The molecular formula is C27H34N4O6. The lowest BCUT2D eigenvalue weighted by atomic mass is 9.83. The quantitative estimate of drug-likeness (QED) is 0.496. The van der Waals surface area contributed by atoms with Crippen molar-refractivity contribution in [3.8, 4) is 11.5 Å². The number of hydrogen-bond donors (Lipinski definition) is 0. The Hall–Kier alpha value is -3.43. The number of amides is 4. The van der Waals surface area contributed by atoms with Crippen LogP contribution in [0.25, 0.3) is 0 Å². The molecule has 3 fully saturated rings. The Morgan fingerprint density at radius 2 is 1.70 bits per heavy atom. The number of piperidine rings is 1. The van der Waals surface area contributed by atoms with E-state index in [9.17, 15) is 19.2 Å². The largest absolute Gasteiger partial charge is 0.493 e. The highest BCUT2D eigenvalue weighted by Crippen LogP contribution is 2.38. The Morgan fingerprint density at radius 3 is 2.32 bits per heavy atom. The molecule has 0 aromatic heterocycles. The minimum Gasteiger partial charge on any atom is -0.493 e. The maximum absolute atomic E-state index is 13.5. The fourth-order valence-electron chi connectivity index (χ4n) is 5.16. The first-order chi connectivity index (χ1) is 17.7. The zero-order chi connectivity index (χ0) is 26.3. The van der Waals surface area contributed by atoms with Gasteiger partial charge in [-0.25, -0.2) is 5.01 Å². The molecule has 3 heterocycles. The Morgan fingerprint density at radius 1 is 1.03 bits per heavy atom. The molecule has 0 bridgehead atoms. The van der Waals surface area contributed by atoms with Gasteiger partial charge in [0.15, 0.2) is 11.5 Å². The van der Waals surface area contributed by atoms with E-state index < -0.39 is 5.41 Å². The van der Waals surface area contributed by atoms with Crippen molar-refractivity contribution < 1.29 is 28.7 Å². The van der Waals surface area contributed by atoms with E-state index in [4.69, 9.17) is 14.6 Å². The number of hydrazone groups is 1. The zero-order valence-electron chi connectivity index (χ0n) is 21.7. The van der Waals surface area contributed by atoms with Crippen LogP contribution in [-0.2, 0) is 19.2 Å². The van der Waals surface area contributed by atoms with Gasteiger partial charge in [0.25, 0.3) is 5.91 Å². The van der Waals surface area contributed by atoms with Crippen molar-refractivity contribution in [3.63, 3.8) is 0 Å². The molecule has 1 aromatic rings. The minimum atomic E-state index is -0.814. The molecule has 2 saturated heterocycles. The summed E-state index contributed by atoms with van der Waals surface area (Å²) in [5.74, 6) is 1.00. The summed E-state index contributed by atoms with van der Waals surface area (Å²) in [7, 11) is 1.61. The number of imide groups is 1. The molecule has 0 N–H and O–H groups in total. The summed E-state index contributed by atoms with van der Waals surface area (Å²) in [4.78, 5) is 52.6. The predicted molar refractivity (Wildman–Crippen MR) is 134 cm³/mol. The van der Waals surface area contributed by atoms with Gasteiger partial charge in [-0.3, -0.25) is 24.1 Å². The second-order valence-corrected chi connectivity index (χ2v) is 10.8. The van der Waals surface area contributed by atoms with Crippen LogP contribution < -0.4 is 9.47 Å². The van der Waals surface area contributed by atoms with Crippen LogP contribution in [0.4, 0.5) is 0 Å². The molecule has 0 atom stereocenters. The lowest BCUT2D eigenvalue weighted by Gasteiger charge is -2.36. The summed E-state index contributed by atoms with van der Waals surface area (Å²) in [5.41, 5.74) is 0.687. The highest BCUT2D eigenvalue weighted by Gasteiger charge is 2.47. The molecule has 5 rings (SSSR count). The van der Waals surface area contributed by atoms with Crippen LogP contribution in [-0.4, -0.2) is 83.5 Å². The molecule has 4 amide bonds. The molecule has 0 unspecified atom stereocenters. The number of benzene rings is 1. The van der Waals surface area contributed by atoms with E-state index >= 15 is 0 Å². The average Bonchev–Trinajstić information content (AvgIpc) is 3.63. The molecule has 37 heavy (non-hydrogen) atoms. The second-order valence-electron chi connectivity index (χ2n) is 10.8. The first-order valence-corrected chi connectivity index (χ1v) is 13.0. The van der Waals surface area contributed by atoms with E-state index in [1.54, 1.807) is 17.0 Å². The smallest absolute Gasteiger partial charge is 0.254 e. The van der Waals surface area contributed by atoms with Gasteiger partial charge in [-0.05, 0) is 63.6 Å². The first-order valence-electron chi connectivity index (χ1n) is 13.0. The zero-order valence-corrected chi connectivity index (χ0v) is 21.7. The summed E-state index contributed by atoms with van der Waals surface area (Å²) >= 11 is 0. The molecule has 1 aromatic carbocycles. The third kappa shape index (κ3) is 4.93. The summed E-state index contributed by atoms with van der Waals surface area (Å²) in [6.45, 7) is 5.09. The molecule has 0 radical (unpaired) electrons. The molecule has 1 aliphatic carbocycles. The number of rotatable bonds is 8. The first kappa shape index (κ1) is 25.2. The van der Waals surface area contributed by atoms with Crippen LogP contribution in [0.1, 0.15) is 57.9 Å². The number of carbonyl (C=O) groups excluding carboxylic acids is 4. The highest BCUT2D eigenvalue weighted by atomic mass is 16.5. The van der Waals surface area contributed by atoms with Crippen LogP contribution in [0.15, 0.2) is 23.3 Å². The van der Waals surface area contributed by atoms with Crippen LogP contribution >= 0.6 is 0 Å². The van der Waals surface area contributed by atoms with Crippen molar-refractivity contribution in [2.75, 3.05) is 33.4 Å². The van der Waals surface area contributed by atoms with Gasteiger partial charge >= 0.3 is 0 Å². The van der Waals surface area contributed by atoms with E-state index in [1.807, 2.05) is 32.0 Å². The molecule has 10 heteroatoms. The number of carbonyl (C=O) groups is 4. The maximum atomic E-state index is 13.5. The van der Waals surface area contributed by atoms with Gasteiger partial charge in [0.1, 0.15) is 6.54 Å². The molecule has 10 nitrogen and oxygen atoms in total. The molecule has 198 valence electrons. The highest BCUT2D eigenvalue weighted by molar-refractivity contribution is 6.19. The number of likely N-dealkylation sites (tertiary alicyclic amines) is 2. The van der Waals surface area contributed by atoms with E-state index in [2.05, 4.69) is 0 Å². The Balaban J connectivity index is 1.27. The van der Waals surface area contributed by atoms with Crippen LogP contribution in [0.3, 0.4) is 0 Å². The van der Waals surface area contributed by atoms with Gasteiger partial charge in [-0.2, -0.15) is 5.10 Å². The van der Waals surface area contributed by atoms with Crippen molar-refractivity contribution in [2.24, 2.45) is 16.4 Å². The fraction of sp³-hybridized carbons (Fsp3) is 0.593.